The van der Waals surface area contributed by atoms with E-state index in [0.29, 0.717) is 17.9 Å². The van der Waals surface area contributed by atoms with E-state index in [2.05, 4.69) is 16.0 Å². The number of thiazole rings is 1. The third kappa shape index (κ3) is 3.63. The molecule has 148 valence electrons. The monoisotopic (exact) mass is 401 g/mol. The summed E-state index contributed by atoms with van der Waals surface area (Å²) < 4.78 is 13.5. The molecule has 2 aliphatic rings. The smallest absolute Gasteiger partial charge is 0.319 e. The van der Waals surface area contributed by atoms with Crippen LogP contribution in [0.1, 0.15) is 73.7 Å². The largest absolute Gasteiger partial charge is 0.505 e. The van der Waals surface area contributed by atoms with Gasteiger partial charge in [-0.2, -0.15) is 0 Å². The van der Waals surface area contributed by atoms with Gasteiger partial charge in [-0.25, -0.2) is 14.2 Å². The molecule has 1 saturated carbocycles. The summed E-state index contributed by atoms with van der Waals surface area (Å²) >= 11 is 1.58. The van der Waals surface area contributed by atoms with Gasteiger partial charge in [-0.05, 0) is 37.0 Å². The molecule has 1 aromatic carbocycles. The highest BCUT2D eigenvalue weighted by atomic mass is 32.1. The van der Waals surface area contributed by atoms with Gasteiger partial charge in [0.15, 0.2) is 11.6 Å². The fraction of sp³-hybridized carbons (Fsp3) is 0.429. The SMILES string of the molecule is CCC1=C(c2nc(C3CCCCC3)cs2)C(c2ccc(F)c(O)c2)NC(=O)N1. The summed E-state index contributed by atoms with van der Waals surface area (Å²) in [6.45, 7) is 1.98. The first-order chi connectivity index (χ1) is 13.6. The predicted octanol–water partition coefficient (Wildman–Crippen LogP) is 5.21. The van der Waals surface area contributed by atoms with Gasteiger partial charge < -0.3 is 15.7 Å². The summed E-state index contributed by atoms with van der Waals surface area (Å²) in [6, 6.07) is 3.39. The van der Waals surface area contributed by atoms with Gasteiger partial charge in [0.2, 0.25) is 0 Å². The molecule has 7 heteroatoms. The standard InChI is InChI=1S/C21H24FN3O2S/c1-2-15-18(20-23-16(11-28-20)12-6-4-3-5-7-12)19(25-21(27)24-15)13-8-9-14(22)17(26)10-13/h8-12,19,26H,2-7H2,1H3,(H2,24,25,27). The Balaban J connectivity index is 1.74. The maximum absolute atomic E-state index is 13.5. The molecule has 3 N–H and O–H groups in total. The molecule has 1 unspecified atom stereocenters. The Bertz CT molecular complexity index is 918. The number of carbonyl (C=O) groups excluding carboxylic acids is 1. The molecule has 28 heavy (non-hydrogen) atoms. The molecular weight excluding hydrogens is 377 g/mol. The topological polar surface area (TPSA) is 74.2 Å². The number of allylic oxidation sites excluding steroid dienone is 1. The summed E-state index contributed by atoms with van der Waals surface area (Å²) in [5, 5.41) is 18.6. The van der Waals surface area contributed by atoms with Crippen LogP contribution in [0.3, 0.4) is 0 Å². The lowest BCUT2D eigenvalue weighted by molar-refractivity contribution is 0.239. The number of amides is 2. The summed E-state index contributed by atoms with van der Waals surface area (Å²) in [5.74, 6) is -0.604. The second kappa shape index (κ2) is 7.91. The van der Waals surface area contributed by atoms with Crippen LogP contribution in [-0.4, -0.2) is 16.1 Å². The molecule has 5 nitrogen and oxygen atoms in total. The van der Waals surface area contributed by atoms with Gasteiger partial charge in [0.05, 0.1) is 11.7 Å². The first-order valence-electron chi connectivity index (χ1n) is 9.81. The molecule has 2 amide bonds. The van der Waals surface area contributed by atoms with Crippen molar-refractivity contribution >= 4 is 22.9 Å². The van der Waals surface area contributed by atoms with Crippen LogP contribution in [-0.2, 0) is 0 Å². The number of halogens is 1. The molecular formula is C21H24FN3O2S. The first-order valence-corrected chi connectivity index (χ1v) is 10.7. The normalized spacial score (nSPS) is 20.8. The number of phenolic OH excluding ortho intramolecular Hbond substituents is 1. The Morgan fingerprint density at radius 1 is 1.29 bits per heavy atom. The molecule has 0 saturated heterocycles. The summed E-state index contributed by atoms with van der Waals surface area (Å²) in [7, 11) is 0. The van der Waals surface area contributed by atoms with E-state index in [4.69, 9.17) is 4.98 Å². The third-order valence-corrected chi connectivity index (χ3v) is 6.48. The van der Waals surface area contributed by atoms with Crippen LogP contribution < -0.4 is 10.6 Å². The number of rotatable bonds is 4. The van der Waals surface area contributed by atoms with Crippen molar-refractivity contribution in [3.63, 3.8) is 0 Å². The van der Waals surface area contributed by atoms with E-state index >= 15 is 0 Å². The highest BCUT2D eigenvalue weighted by molar-refractivity contribution is 7.10. The van der Waals surface area contributed by atoms with E-state index in [-0.39, 0.29) is 6.03 Å². The van der Waals surface area contributed by atoms with Crippen molar-refractivity contribution in [2.45, 2.75) is 57.4 Å². The zero-order valence-electron chi connectivity index (χ0n) is 15.8. The van der Waals surface area contributed by atoms with E-state index in [1.54, 1.807) is 17.4 Å². The van der Waals surface area contributed by atoms with Gasteiger partial charge >= 0.3 is 6.03 Å². The zero-order chi connectivity index (χ0) is 19.7. The van der Waals surface area contributed by atoms with Crippen LogP contribution in [0.5, 0.6) is 5.75 Å². The first kappa shape index (κ1) is 18.9. The molecule has 0 spiro atoms. The molecule has 1 aliphatic heterocycles. The average molecular weight is 402 g/mol. The quantitative estimate of drug-likeness (QED) is 0.658. The van der Waals surface area contributed by atoms with Gasteiger partial charge in [-0.15, -0.1) is 11.3 Å². The van der Waals surface area contributed by atoms with E-state index in [1.807, 2.05) is 6.92 Å². The highest BCUT2D eigenvalue weighted by Gasteiger charge is 2.31. The lowest BCUT2D eigenvalue weighted by Crippen LogP contribution is -2.43. The van der Waals surface area contributed by atoms with Gasteiger partial charge in [0.1, 0.15) is 5.01 Å². The molecule has 0 bridgehead atoms. The Morgan fingerprint density at radius 2 is 2.07 bits per heavy atom. The minimum absolute atomic E-state index is 0.307. The molecule has 1 aliphatic carbocycles. The van der Waals surface area contributed by atoms with Crippen molar-refractivity contribution in [2.75, 3.05) is 0 Å². The van der Waals surface area contributed by atoms with Crippen LogP contribution in [0.2, 0.25) is 0 Å². The number of hydrogen-bond acceptors (Lipinski definition) is 4. The zero-order valence-corrected chi connectivity index (χ0v) is 16.6. The molecule has 1 atom stereocenters. The number of urea groups is 1. The molecule has 1 aromatic heterocycles. The van der Waals surface area contributed by atoms with Gasteiger partial charge in [0, 0.05) is 22.6 Å². The van der Waals surface area contributed by atoms with Crippen molar-refractivity contribution in [1.82, 2.24) is 15.6 Å². The van der Waals surface area contributed by atoms with Crippen molar-refractivity contribution < 1.29 is 14.3 Å². The maximum Gasteiger partial charge on any atom is 0.319 e. The molecule has 1 fully saturated rings. The molecule has 2 aromatic rings. The fourth-order valence-electron chi connectivity index (χ4n) is 4.10. The maximum atomic E-state index is 13.5. The van der Waals surface area contributed by atoms with Crippen molar-refractivity contribution in [3.05, 3.63) is 51.4 Å². The molecule has 4 rings (SSSR count). The minimum Gasteiger partial charge on any atom is -0.505 e. The van der Waals surface area contributed by atoms with Crippen LogP contribution in [0.25, 0.3) is 5.57 Å². The van der Waals surface area contributed by atoms with Crippen molar-refractivity contribution in [3.8, 4) is 5.75 Å². The van der Waals surface area contributed by atoms with Crippen LogP contribution in [0.15, 0.2) is 29.3 Å². The second-order valence-corrected chi connectivity index (χ2v) is 8.26. The van der Waals surface area contributed by atoms with E-state index in [9.17, 15) is 14.3 Å². The number of carbonyl (C=O) groups is 1. The van der Waals surface area contributed by atoms with Gasteiger partial charge in [-0.3, -0.25) is 0 Å². The van der Waals surface area contributed by atoms with E-state index in [0.717, 1.165) is 22.0 Å². The molecule has 2 heterocycles. The van der Waals surface area contributed by atoms with E-state index < -0.39 is 17.6 Å². The average Bonchev–Trinajstić information content (AvgIpc) is 3.19. The summed E-state index contributed by atoms with van der Waals surface area (Å²) in [6.07, 6.45) is 6.78. The predicted molar refractivity (Wildman–Crippen MR) is 108 cm³/mol. The van der Waals surface area contributed by atoms with Crippen LogP contribution in [0, 0.1) is 5.82 Å². The van der Waals surface area contributed by atoms with Crippen LogP contribution >= 0.6 is 11.3 Å². The Morgan fingerprint density at radius 3 is 2.79 bits per heavy atom. The lowest BCUT2D eigenvalue weighted by atomic mass is 9.87. The van der Waals surface area contributed by atoms with Gasteiger partial charge in [0.25, 0.3) is 0 Å². The minimum atomic E-state index is -0.681. The van der Waals surface area contributed by atoms with E-state index in [1.165, 1.54) is 44.2 Å². The van der Waals surface area contributed by atoms with Crippen molar-refractivity contribution in [2.24, 2.45) is 0 Å². The van der Waals surface area contributed by atoms with Gasteiger partial charge in [-0.1, -0.05) is 32.3 Å². The third-order valence-electron chi connectivity index (χ3n) is 5.59. The Hall–Kier alpha value is -2.41. The number of aromatic nitrogens is 1. The second-order valence-electron chi connectivity index (χ2n) is 7.40. The number of nitrogens with zero attached hydrogens (tertiary/aromatic N) is 1. The number of benzene rings is 1. The Labute approximate surface area is 167 Å². The molecule has 0 radical (unpaired) electrons. The fourth-order valence-corrected chi connectivity index (χ4v) is 5.11. The number of phenols is 1. The lowest BCUT2D eigenvalue weighted by Gasteiger charge is -2.29. The number of aromatic hydroxyl groups is 1. The number of hydrogen-bond donors (Lipinski definition) is 3. The Kier molecular flexibility index (Phi) is 5.35. The highest BCUT2D eigenvalue weighted by Crippen LogP contribution is 2.40. The number of nitrogens with one attached hydrogen (secondary N) is 2. The summed E-state index contributed by atoms with van der Waals surface area (Å²) in [5.41, 5.74) is 3.45. The van der Waals surface area contributed by atoms with Crippen molar-refractivity contribution in [1.29, 1.82) is 0 Å². The van der Waals surface area contributed by atoms with Crippen LogP contribution in [0.4, 0.5) is 9.18 Å². The summed E-state index contributed by atoms with van der Waals surface area (Å²) in [4.78, 5) is 17.1.